The molecule has 1 heterocycles. The Morgan fingerprint density at radius 2 is 1.62 bits per heavy atom. The predicted octanol–water partition coefficient (Wildman–Crippen LogP) is 2.72. The maximum Gasteiger partial charge on any atom is 0.233 e. The van der Waals surface area contributed by atoms with E-state index in [0.29, 0.717) is 22.5 Å². The highest BCUT2D eigenvalue weighted by molar-refractivity contribution is 6.30. The quantitative estimate of drug-likeness (QED) is 0.654. The molecule has 4 aliphatic carbocycles. The summed E-state index contributed by atoms with van der Waals surface area (Å²) in [6, 6.07) is 6.83. The summed E-state index contributed by atoms with van der Waals surface area (Å²) in [5.41, 5.74) is 0.648. The molecule has 1 aromatic carbocycles. The molecule has 5 aliphatic rings. The first-order valence-corrected chi connectivity index (χ1v) is 9.51. The summed E-state index contributed by atoms with van der Waals surface area (Å²) in [5, 5.41) is 3.37. The number of allylic oxidation sites excluding steroid dienone is 2. The normalized spacial score (nSPS) is 36.1. The first-order valence-electron chi connectivity index (χ1n) is 9.13. The van der Waals surface area contributed by atoms with Crippen LogP contribution in [-0.4, -0.2) is 29.2 Å². The first-order chi connectivity index (χ1) is 12.5. The maximum atomic E-state index is 12.8. The molecule has 0 aromatic heterocycles. The highest BCUT2D eigenvalue weighted by Crippen LogP contribution is 2.65. The van der Waals surface area contributed by atoms with Gasteiger partial charge in [-0.3, -0.25) is 19.3 Å². The van der Waals surface area contributed by atoms with Crippen molar-refractivity contribution in [3.05, 3.63) is 41.4 Å². The molecule has 1 N–H and O–H groups in total. The van der Waals surface area contributed by atoms with E-state index >= 15 is 0 Å². The Labute approximate surface area is 156 Å². The van der Waals surface area contributed by atoms with Crippen molar-refractivity contribution in [1.29, 1.82) is 0 Å². The zero-order chi connectivity index (χ0) is 18.0. The topological polar surface area (TPSA) is 66.5 Å². The molecule has 0 spiro atoms. The van der Waals surface area contributed by atoms with Crippen LogP contribution in [0.2, 0.25) is 5.02 Å². The van der Waals surface area contributed by atoms with Gasteiger partial charge in [-0.15, -0.1) is 0 Å². The van der Waals surface area contributed by atoms with Crippen molar-refractivity contribution < 1.29 is 14.4 Å². The van der Waals surface area contributed by atoms with Crippen LogP contribution >= 0.6 is 11.6 Å². The van der Waals surface area contributed by atoms with Gasteiger partial charge in [-0.05, 0) is 54.4 Å². The maximum absolute atomic E-state index is 12.8. The summed E-state index contributed by atoms with van der Waals surface area (Å²) in [4.78, 5) is 39.2. The van der Waals surface area contributed by atoms with Crippen LogP contribution < -0.4 is 5.32 Å². The van der Waals surface area contributed by atoms with Gasteiger partial charge in [0, 0.05) is 23.7 Å². The fraction of sp³-hybridized carbons (Fsp3) is 0.450. The Morgan fingerprint density at radius 1 is 1.04 bits per heavy atom. The summed E-state index contributed by atoms with van der Waals surface area (Å²) in [7, 11) is 0. The van der Waals surface area contributed by atoms with E-state index in [2.05, 4.69) is 17.5 Å². The van der Waals surface area contributed by atoms with Crippen LogP contribution in [0.4, 0.5) is 5.69 Å². The number of nitrogens with one attached hydrogen (secondary N) is 1. The fourth-order valence-electron chi connectivity index (χ4n) is 5.21. The summed E-state index contributed by atoms with van der Waals surface area (Å²) < 4.78 is 0. The fourth-order valence-corrected chi connectivity index (χ4v) is 5.34. The van der Waals surface area contributed by atoms with Gasteiger partial charge in [0.15, 0.2) is 0 Å². The lowest BCUT2D eigenvalue weighted by molar-refractivity contribution is -0.140. The molecule has 0 unspecified atom stereocenters. The average molecular weight is 371 g/mol. The minimum absolute atomic E-state index is 0.0796. The SMILES string of the molecule is O=C(CCN1C(=O)[C@H]2[C@@H]3C=C[C@@H]([C@H]4C[C@H]34)[C@@H]2C1=O)Nc1ccc(Cl)cc1. The molecule has 5 nitrogen and oxygen atoms in total. The van der Waals surface area contributed by atoms with Gasteiger partial charge in [-0.1, -0.05) is 23.8 Å². The molecule has 3 amide bonds. The lowest BCUT2D eigenvalue weighted by Crippen LogP contribution is -2.40. The van der Waals surface area contributed by atoms with Crippen LogP contribution in [0.25, 0.3) is 0 Å². The number of rotatable bonds is 4. The third-order valence-corrected chi connectivity index (χ3v) is 6.70. The molecule has 0 radical (unpaired) electrons. The molecule has 26 heavy (non-hydrogen) atoms. The number of benzene rings is 1. The van der Waals surface area contributed by atoms with Crippen molar-refractivity contribution in [2.75, 3.05) is 11.9 Å². The van der Waals surface area contributed by atoms with Gasteiger partial charge < -0.3 is 5.32 Å². The van der Waals surface area contributed by atoms with Crippen molar-refractivity contribution in [3.8, 4) is 0 Å². The van der Waals surface area contributed by atoms with Gasteiger partial charge in [-0.25, -0.2) is 0 Å². The van der Waals surface area contributed by atoms with E-state index in [4.69, 9.17) is 11.6 Å². The molecule has 6 heteroatoms. The molecule has 3 fully saturated rings. The second kappa shape index (κ2) is 5.68. The Hall–Kier alpha value is -2.14. The van der Waals surface area contributed by atoms with E-state index in [1.807, 2.05) is 0 Å². The molecule has 1 saturated heterocycles. The molecule has 6 rings (SSSR count). The molecule has 2 saturated carbocycles. The Bertz CT molecular complexity index is 798. The van der Waals surface area contributed by atoms with E-state index in [-0.39, 0.29) is 54.4 Å². The molecular weight excluding hydrogens is 352 g/mol. The second-order valence-corrected chi connectivity index (χ2v) is 8.22. The number of halogens is 1. The molecule has 6 atom stereocenters. The van der Waals surface area contributed by atoms with E-state index in [1.165, 1.54) is 4.90 Å². The number of carbonyl (C=O) groups is 3. The third kappa shape index (κ3) is 2.33. The van der Waals surface area contributed by atoms with Crippen LogP contribution in [0.15, 0.2) is 36.4 Å². The monoisotopic (exact) mass is 370 g/mol. The van der Waals surface area contributed by atoms with Crippen LogP contribution in [0.5, 0.6) is 0 Å². The van der Waals surface area contributed by atoms with E-state index in [0.717, 1.165) is 6.42 Å². The summed E-state index contributed by atoms with van der Waals surface area (Å²) in [5.74, 6) is 0.867. The zero-order valence-corrected chi connectivity index (χ0v) is 14.9. The highest BCUT2D eigenvalue weighted by atomic mass is 35.5. The van der Waals surface area contributed by atoms with Crippen molar-refractivity contribution >= 4 is 35.0 Å². The molecular formula is C20H19ClN2O3. The van der Waals surface area contributed by atoms with Crippen molar-refractivity contribution in [1.82, 2.24) is 4.90 Å². The molecule has 2 bridgehead atoms. The van der Waals surface area contributed by atoms with E-state index < -0.39 is 0 Å². The van der Waals surface area contributed by atoms with Crippen molar-refractivity contribution in [2.24, 2.45) is 35.5 Å². The Morgan fingerprint density at radius 3 is 2.19 bits per heavy atom. The minimum atomic E-state index is -0.216. The van der Waals surface area contributed by atoms with Crippen LogP contribution in [-0.2, 0) is 14.4 Å². The number of likely N-dealkylation sites (tertiary alicyclic amines) is 1. The number of amides is 3. The van der Waals surface area contributed by atoms with Crippen LogP contribution in [0, 0.1) is 35.5 Å². The largest absolute Gasteiger partial charge is 0.326 e. The lowest BCUT2D eigenvalue weighted by Gasteiger charge is -2.37. The number of carbonyl (C=O) groups excluding carboxylic acids is 3. The predicted molar refractivity (Wildman–Crippen MR) is 96.1 cm³/mol. The lowest BCUT2D eigenvalue weighted by atomic mass is 9.63. The van der Waals surface area contributed by atoms with Crippen molar-refractivity contribution in [3.63, 3.8) is 0 Å². The number of nitrogens with zero attached hydrogens (tertiary/aromatic N) is 1. The molecule has 1 aliphatic heterocycles. The summed E-state index contributed by atoms with van der Waals surface area (Å²) in [6.45, 7) is 0.152. The van der Waals surface area contributed by atoms with Gasteiger partial charge in [0.25, 0.3) is 0 Å². The van der Waals surface area contributed by atoms with Crippen molar-refractivity contribution in [2.45, 2.75) is 12.8 Å². The van der Waals surface area contributed by atoms with Gasteiger partial charge in [0.05, 0.1) is 11.8 Å². The van der Waals surface area contributed by atoms with E-state index in [1.54, 1.807) is 24.3 Å². The third-order valence-electron chi connectivity index (χ3n) is 6.44. The zero-order valence-electron chi connectivity index (χ0n) is 14.1. The van der Waals surface area contributed by atoms with Crippen LogP contribution in [0.3, 0.4) is 0 Å². The standard InChI is InChI=1S/C20H19ClN2O3/c21-10-1-3-11(4-2-10)22-16(24)7-8-23-19(25)17-12-5-6-13(15-9-14(12)15)18(17)20(23)26/h1-6,12-15,17-18H,7-9H2,(H,22,24)/t12-,13+,14-,15-,17+,18+/m1/s1. The smallest absolute Gasteiger partial charge is 0.233 e. The minimum Gasteiger partial charge on any atom is -0.326 e. The number of anilines is 1. The first kappa shape index (κ1) is 16.1. The molecule has 1 aromatic rings. The Balaban J connectivity index is 1.24. The number of hydrogen-bond donors (Lipinski definition) is 1. The van der Waals surface area contributed by atoms with Gasteiger partial charge in [0.1, 0.15) is 0 Å². The Kier molecular flexibility index (Phi) is 3.51. The number of hydrogen-bond acceptors (Lipinski definition) is 3. The molecule has 134 valence electrons. The second-order valence-electron chi connectivity index (χ2n) is 7.79. The van der Waals surface area contributed by atoms with Gasteiger partial charge in [0.2, 0.25) is 17.7 Å². The number of imide groups is 1. The highest BCUT2D eigenvalue weighted by Gasteiger charge is 2.66. The van der Waals surface area contributed by atoms with Gasteiger partial charge >= 0.3 is 0 Å². The van der Waals surface area contributed by atoms with E-state index in [9.17, 15) is 14.4 Å². The van der Waals surface area contributed by atoms with Gasteiger partial charge in [-0.2, -0.15) is 0 Å². The van der Waals surface area contributed by atoms with Crippen LogP contribution in [0.1, 0.15) is 12.8 Å². The summed E-state index contributed by atoms with van der Waals surface area (Å²) in [6.07, 6.45) is 5.57. The summed E-state index contributed by atoms with van der Waals surface area (Å²) >= 11 is 5.83. The average Bonchev–Trinajstić information content (AvgIpc) is 3.41.